The highest BCUT2D eigenvalue weighted by Gasteiger charge is 2.51. The van der Waals surface area contributed by atoms with Crippen LogP contribution in [0.4, 0.5) is 0 Å². The first kappa shape index (κ1) is 21.3. The van der Waals surface area contributed by atoms with Gasteiger partial charge in [-0.1, -0.05) is 6.07 Å². The second kappa shape index (κ2) is 7.77. The minimum absolute atomic E-state index is 0.112. The summed E-state index contributed by atoms with van der Waals surface area (Å²) in [5, 5.41) is 9.48. The van der Waals surface area contributed by atoms with E-state index < -0.39 is 11.5 Å². The largest absolute Gasteiger partial charge is 0.497 e. The molecule has 3 unspecified atom stereocenters. The molecule has 32 heavy (non-hydrogen) atoms. The van der Waals surface area contributed by atoms with Crippen LogP contribution in [0.25, 0.3) is 0 Å². The fraction of sp³-hybridized carbons (Fsp3) is 0.538. The lowest BCUT2D eigenvalue weighted by atomic mass is 9.55. The Morgan fingerprint density at radius 1 is 1.31 bits per heavy atom. The van der Waals surface area contributed by atoms with Crippen molar-refractivity contribution in [1.29, 1.82) is 0 Å². The van der Waals surface area contributed by atoms with E-state index in [-0.39, 0.29) is 11.0 Å². The van der Waals surface area contributed by atoms with E-state index in [1.54, 1.807) is 13.2 Å². The molecule has 1 aromatic carbocycles. The van der Waals surface area contributed by atoms with Crippen molar-refractivity contribution in [2.24, 2.45) is 11.8 Å². The number of aryl methyl sites for hydroxylation is 1. The smallest absolute Gasteiger partial charge is 0.341 e. The lowest BCUT2D eigenvalue weighted by Gasteiger charge is -2.55. The van der Waals surface area contributed by atoms with Crippen molar-refractivity contribution >= 4 is 5.97 Å². The van der Waals surface area contributed by atoms with Crippen LogP contribution in [0.3, 0.4) is 0 Å². The van der Waals surface area contributed by atoms with E-state index in [0.717, 1.165) is 55.3 Å². The molecule has 2 aliphatic carbocycles. The third-order valence-corrected chi connectivity index (χ3v) is 8.26. The van der Waals surface area contributed by atoms with Crippen molar-refractivity contribution in [3.05, 3.63) is 62.6 Å². The lowest BCUT2D eigenvalue weighted by molar-refractivity contribution is 0.0246. The number of pyridine rings is 1. The van der Waals surface area contributed by atoms with Crippen LogP contribution >= 0.6 is 0 Å². The molecule has 6 heteroatoms. The molecule has 2 aromatic rings. The Labute approximate surface area is 188 Å². The normalized spacial score (nSPS) is 27.5. The fourth-order valence-corrected chi connectivity index (χ4v) is 6.28. The number of likely N-dealkylation sites (tertiary alicyclic amines) is 1. The zero-order valence-electron chi connectivity index (χ0n) is 19.1. The maximum absolute atomic E-state index is 12.5. The predicted molar refractivity (Wildman–Crippen MR) is 123 cm³/mol. The van der Waals surface area contributed by atoms with Gasteiger partial charge in [0.1, 0.15) is 11.3 Å². The van der Waals surface area contributed by atoms with Gasteiger partial charge in [0, 0.05) is 23.7 Å². The number of carbonyl (C=O) groups is 1. The maximum atomic E-state index is 12.5. The molecule has 0 radical (unpaired) electrons. The van der Waals surface area contributed by atoms with Crippen molar-refractivity contribution in [2.75, 3.05) is 20.2 Å². The van der Waals surface area contributed by atoms with Gasteiger partial charge in [-0.25, -0.2) is 4.79 Å². The van der Waals surface area contributed by atoms with Gasteiger partial charge >= 0.3 is 5.97 Å². The number of H-pyrrole nitrogens is 1. The highest BCUT2D eigenvalue weighted by Crippen LogP contribution is 2.51. The van der Waals surface area contributed by atoms with Gasteiger partial charge < -0.3 is 19.7 Å². The van der Waals surface area contributed by atoms with E-state index in [1.165, 1.54) is 24.0 Å². The summed E-state index contributed by atoms with van der Waals surface area (Å²) in [6.07, 6.45) is 5.17. The number of benzene rings is 1. The number of fused-ring (bicyclic) bond motifs is 2. The van der Waals surface area contributed by atoms with Crippen LogP contribution in [-0.4, -0.2) is 47.2 Å². The molecule has 1 saturated heterocycles. The van der Waals surface area contributed by atoms with Gasteiger partial charge in [-0.15, -0.1) is 0 Å². The minimum Gasteiger partial charge on any atom is -0.497 e. The van der Waals surface area contributed by atoms with Gasteiger partial charge in [-0.3, -0.25) is 4.79 Å². The molecular formula is C26H32N2O4. The molecule has 0 spiro atoms. The molecule has 170 valence electrons. The number of hydrogen-bond acceptors (Lipinski definition) is 4. The van der Waals surface area contributed by atoms with Gasteiger partial charge in [0.05, 0.1) is 7.11 Å². The molecule has 6 nitrogen and oxygen atoms in total. The summed E-state index contributed by atoms with van der Waals surface area (Å²) in [6, 6.07) is 8.32. The van der Waals surface area contributed by atoms with Gasteiger partial charge in [0.25, 0.3) is 5.56 Å². The fourth-order valence-electron chi connectivity index (χ4n) is 6.28. The molecule has 0 bridgehead atoms. The highest BCUT2D eigenvalue weighted by atomic mass is 16.5. The van der Waals surface area contributed by atoms with Crippen molar-refractivity contribution in [2.45, 2.75) is 57.4 Å². The SMILES string of the molecule is COc1ccc(C)c(C23CCN(CC4CC4)C(C)C2Cc2cc(C(=O)O)c(=O)[nH]c2C3)c1. The third-order valence-electron chi connectivity index (χ3n) is 8.26. The van der Waals surface area contributed by atoms with Crippen LogP contribution < -0.4 is 10.3 Å². The van der Waals surface area contributed by atoms with E-state index in [0.29, 0.717) is 12.0 Å². The monoisotopic (exact) mass is 436 g/mol. The Balaban J connectivity index is 1.64. The average molecular weight is 437 g/mol. The Morgan fingerprint density at radius 3 is 2.78 bits per heavy atom. The summed E-state index contributed by atoms with van der Waals surface area (Å²) >= 11 is 0. The number of aromatic amines is 1. The first-order valence-corrected chi connectivity index (χ1v) is 11.7. The quantitative estimate of drug-likeness (QED) is 0.749. The first-order valence-electron chi connectivity index (χ1n) is 11.7. The summed E-state index contributed by atoms with van der Waals surface area (Å²) in [6.45, 7) is 6.69. The predicted octanol–water partition coefficient (Wildman–Crippen LogP) is 3.55. The zero-order valence-corrected chi connectivity index (χ0v) is 19.1. The van der Waals surface area contributed by atoms with Crippen LogP contribution in [0.15, 0.2) is 29.1 Å². The second-order valence-electron chi connectivity index (χ2n) is 10.1. The molecule has 2 fully saturated rings. The molecule has 3 aliphatic rings. The molecule has 2 heterocycles. The number of nitrogens with one attached hydrogen (secondary N) is 1. The number of nitrogens with zero attached hydrogens (tertiary/aromatic N) is 1. The standard InChI is InChI=1S/C26H32N2O4/c1-15-4-7-19(32-3)12-21(15)26-8-9-28(14-17-5-6-17)16(2)22(26)11-18-10-20(25(30)31)24(29)27-23(18)13-26/h4,7,10,12,16-17,22H,5-6,8-9,11,13-14H2,1-3H3,(H,27,29)(H,30,31). The van der Waals surface area contributed by atoms with E-state index >= 15 is 0 Å². The summed E-state index contributed by atoms with van der Waals surface area (Å²) < 4.78 is 5.58. The second-order valence-corrected chi connectivity index (χ2v) is 10.1. The van der Waals surface area contributed by atoms with Gasteiger partial charge in [-0.2, -0.15) is 0 Å². The molecule has 2 N–H and O–H groups in total. The topological polar surface area (TPSA) is 82.6 Å². The van der Waals surface area contributed by atoms with Crippen LogP contribution in [0, 0.1) is 18.8 Å². The molecule has 1 saturated carbocycles. The number of carboxylic acid groups (broad SMARTS) is 1. The number of hydrogen-bond donors (Lipinski definition) is 2. The van der Waals surface area contributed by atoms with Crippen molar-refractivity contribution < 1.29 is 14.6 Å². The van der Waals surface area contributed by atoms with Crippen LogP contribution in [0.5, 0.6) is 5.75 Å². The Morgan fingerprint density at radius 2 is 2.09 bits per heavy atom. The number of methoxy groups -OCH3 is 1. The van der Waals surface area contributed by atoms with Gasteiger partial charge in [0.2, 0.25) is 0 Å². The molecular weight excluding hydrogens is 404 g/mol. The van der Waals surface area contributed by atoms with Crippen LogP contribution in [0.1, 0.15) is 58.9 Å². The molecule has 5 rings (SSSR count). The lowest BCUT2D eigenvalue weighted by Crippen LogP contribution is -2.59. The number of ether oxygens (including phenoxy) is 1. The van der Waals surface area contributed by atoms with E-state index in [9.17, 15) is 14.7 Å². The minimum atomic E-state index is -1.17. The molecule has 1 aliphatic heterocycles. The number of aromatic carboxylic acids is 1. The number of aromatic nitrogens is 1. The number of piperidine rings is 1. The summed E-state index contributed by atoms with van der Waals surface area (Å²) in [4.78, 5) is 29.7. The van der Waals surface area contributed by atoms with E-state index in [4.69, 9.17) is 4.74 Å². The van der Waals surface area contributed by atoms with Gasteiger partial charge in [-0.05, 0) is 99.2 Å². The molecule has 0 amide bonds. The molecule has 1 aromatic heterocycles. The number of rotatable bonds is 5. The Kier molecular flexibility index (Phi) is 5.16. The van der Waals surface area contributed by atoms with Crippen molar-refractivity contribution in [3.8, 4) is 5.75 Å². The summed E-state index contributed by atoms with van der Waals surface area (Å²) in [5.74, 6) is 0.851. The van der Waals surface area contributed by atoms with Crippen molar-refractivity contribution in [1.82, 2.24) is 9.88 Å². The van der Waals surface area contributed by atoms with Crippen LogP contribution in [0.2, 0.25) is 0 Å². The van der Waals surface area contributed by atoms with Crippen LogP contribution in [-0.2, 0) is 18.3 Å². The maximum Gasteiger partial charge on any atom is 0.341 e. The zero-order chi connectivity index (χ0) is 22.6. The van der Waals surface area contributed by atoms with Gasteiger partial charge in [0.15, 0.2) is 0 Å². The highest BCUT2D eigenvalue weighted by molar-refractivity contribution is 5.87. The van der Waals surface area contributed by atoms with E-state index in [1.807, 2.05) is 6.07 Å². The first-order chi connectivity index (χ1) is 15.3. The summed E-state index contributed by atoms with van der Waals surface area (Å²) in [7, 11) is 1.70. The third kappa shape index (κ3) is 3.45. The number of carboxylic acids is 1. The summed E-state index contributed by atoms with van der Waals surface area (Å²) in [5.41, 5.74) is 3.63. The van der Waals surface area contributed by atoms with Crippen molar-refractivity contribution in [3.63, 3.8) is 0 Å². The Bertz CT molecular complexity index is 1120. The van der Waals surface area contributed by atoms with E-state index in [2.05, 4.69) is 35.9 Å². The Hall–Kier alpha value is -2.60. The average Bonchev–Trinajstić information content (AvgIpc) is 3.59. The molecule has 3 atom stereocenters.